The number of aryl methyl sites for hydroxylation is 2. The molecule has 1 aromatic heterocycles. The van der Waals surface area contributed by atoms with E-state index < -0.39 is 13.0 Å². The van der Waals surface area contributed by atoms with Crippen molar-refractivity contribution in [1.82, 2.24) is 14.9 Å². The molecule has 0 radical (unpaired) electrons. The highest BCUT2D eigenvalue weighted by Gasteiger charge is 2.45. The van der Waals surface area contributed by atoms with Crippen LogP contribution in [0.3, 0.4) is 0 Å². The number of fused-ring (bicyclic) bond motifs is 3. The molecule has 0 spiro atoms. The average molecular weight is 556 g/mol. The van der Waals surface area contributed by atoms with E-state index in [0.29, 0.717) is 45.9 Å². The van der Waals surface area contributed by atoms with Crippen molar-refractivity contribution in [1.29, 1.82) is 0 Å². The van der Waals surface area contributed by atoms with Crippen molar-refractivity contribution in [2.75, 3.05) is 37.2 Å². The molecule has 200 valence electrons. The molecular weight excluding hydrogens is 524 g/mol. The fourth-order valence-electron chi connectivity index (χ4n) is 6.06. The van der Waals surface area contributed by atoms with Crippen molar-refractivity contribution in [3.05, 3.63) is 64.6 Å². The first kappa shape index (κ1) is 25.8. The minimum Gasteiger partial charge on any atom is -0.378 e. The van der Waals surface area contributed by atoms with Gasteiger partial charge in [0.25, 0.3) is 0 Å². The summed E-state index contributed by atoms with van der Waals surface area (Å²) in [4.78, 5) is 11.6. The zero-order valence-corrected chi connectivity index (χ0v) is 23.2. The minimum absolute atomic E-state index is 0.307. The summed E-state index contributed by atoms with van der Waals surface area (Å²) in [5.41, 5.74) is 4.19. The van der Waals surface area contributed by atoms with E-state index in [2.05, 4.69) is 43.7 Å². The molecule has 3 atom stereocenters. The molecule has 7 nitrogen and oxygen atoms in total. The third kappa shape index (κ3) is 5.20. The molecule has 6 rings (SSSR count). The van der Waals surface area contributed by atoms with Gasteiger partial charge in [-0.1, -0.05) is 17.7 Å². The molecule has 2 fully saturated rings. The lowest BCUT2D eigenvalue weighted by atomic mass is 9.87. The number of anilines is 4. The lowest BCUT2D eigenvalue weighted by Gasteiger charge is -2.56. The Morgan fingerprint density at radius 1 is 1.03 bits per heavy atom. The topological polar surface area (TPSA) is 79.4 Å². The highest BCUT2D eigenvalue weighted by Crippen LogP contribution is 2.40. The number of hydrogen-bond donors (Lipinski definition) is 2. The Kier molecular flexibility index (Phi) is 6.93. The van der Waals surface area contributed by atoms with E-state index in [0.717, 1.165) is 38.2 Å². The summed E-state index contributed by atoms with van der Waals surface area (Å²) in [6, 6.07) is 12.5. The fourth-order valence-corrected chi connectivity index (χ4v) is 7.34. The number of rotatable bonds is 6. The Hall–Kier alpha value is -2.51. The van der Waals surface area contributed by atoms with Gasteiger partial charge in [0.05, 0.1) is 25.1 Å². The predicted octanol–water partition coefficient (Wildman–Crippen LogP) is 5.72. The highest BCUT2D eigenvalue weighted by atomic mass is 35.5. The van der Waals surface area contributed by atoms with Crippen LogP contribution >= 0.6 is 18.7 Å². The van der Waals surface area contributed by atoms with E-state index >= 15 is 0 Å². The molecule has 3 aromatic rings. The zero-order chi connectivity index (χ0) is 26.4. The fraction of sp³-hybridized carbons (Fsp3) is 0.429. The quantitative estimate of drug-likeness (QED) is 0.297. The first-order chi connectivity index (χ1) is 18.2. The van der Waals surface area contributed by atoms with Gasteiger partial charge in [0.1, 0.15) is 18.0 Å². The Morgan fingerprint density at radius 2 is 1.79 bits per heavy atom. The number of nitrogens with zero attached hydrogens (tertiary/aromatic N) is 3. The summed E-state index contributed by atoms with van der Waals surface area (Å²) in [5, 5.41) is 7.14. The number of morpholine rings is 1. The third-order valence-electron chi connectivity index (χ3n) is 7.92. The third-order valence-corrected chi connectivity index (χ3v) is 9.73. The van der Waals surface area contributed by atoms with Crippen molar-refractivity contribution in [2.45, 2.75) is 50.2 Å². The Bertz CT molecular complexity index is 1400. The monoisotopic (exact) mass is 555 g/mol. The SMILES string of the molecule is CP(C)(=O)c1cc(F)ccc1Nc1nc(Nc2ccc3c(c2)CC[C@H](N2C4COCC2C4)CC3)ncc1Cl. The number of hydrogen-bond acceptors (Lipinski definition) is 7. The second-order valence-electron chi connectivity index (χ2n) is 10.9. The smallest absolute Gasteiger partial charge is 0.229 e. The summed E-state index contributed by atoms with van der Waals surface area (Å²) in [7, 11) is -2.75. The number of halogens is 2. The maximum absolute atomic E-state index is 13.9. The molecule has 1 aliphatic carbocycles. The second-order valence-corrected chi connectivity index (χ2v) is 14.5. The van der Waals surface area contributed by atoms with Gasteiger partial charge in [0.2, 0.25) is 5.95 Å². The lowest BCUT2D eigenvalue weighted by Crippen LogP contribution is -2.66. The summed E-state index contributed by atoms with van der Waals surface area (Å²) < 4.78 is 32.3. The van der Waals surface area contributed by atoms with Crippen LogP contribution in [-0.4, -0.2) is 59.5 Å². The summed E-state index contributed by atoms with van der Waals surface area (Å²) in [6.07, 6.45) is 7.28. The molecular formula is C28H32ClFN5O2P. The van der Waals surface area contributed by atoms with Gasteiger partial charge in [-0.3, -0.25) is 4.90 Å². The molecule has 10 heteroatoms. The molecule has 3 aliphatic rings. The Morgan fingerprint density at radius 3 is 2.53 bits per heavy atom. The van der Waals surface area contributed by atoms with Gasteiger partial charge >= 0.3 is 0 Å². The van der Waals surface area contributed by atoms with Crippen LogP contribution in [0.1, 0.15) is 30.4 Å². The van der Waals surface area contributed by atoms with E-state index in [4.69, 9.17) is 16.3 Å². The van der Waals surface area contributed by atoms with E-state index in [9.17, 15) is 8.96 Å². The number of nitrogens with one attached hydrogen (secondary N) is 2. The average Bonchev–Trinajstić information content (AvgIpc) is 3.09. The summed E-state index contributed by atoms with van der Waals surface area (Å²) in [6.45, 7) is 4.96. The molecule has 2 aromatic carbocycles. The van der Waals surface area contributed by atoms with Crippen LogP contribution in [0.4, 0.5) is 27.5 Å². The van der Waals surface area contributed by atoms with Crippen LogP contribution in [0.2, 0.25) is 5.02 Å². The molecule has 0 saturated carbocycles. The predicted molar refractivity (Wildman–Crippen MR) is 151 cm³/mol. The van der Waals surface area contributed by atoms with Crippen LogP contribution in [0.15, 0.2) is 42.6 Å². The van der Waals surface area contributed by atoms with Gasteiger partial charge in [-0.05, 0) is 86.9 Å². The number of aromatic nitrogens is 2. The van der Waals surface area contributed by atoms with Crippen molar-refractivity contribution in [2.24, 2.45) is 0 Å². The maximum atomic E-state index is 13.9. The lowest BCUT2D eigenvalue weighted by molar-refractivity contribution is -0.148. The van der Waals surface area contributed by atoms with E-state index in [-0.39, 0.29) is 0 Å². The van der Waals surface area contributed by atoms with E-state index in [1.807, 2.05) is 0 Å². The van der Waals surface area contributed by atoms with Crippen molar-refractivity contribution in [3.63, 3.8) is 0 Å². The van der Waals surface area contributed by atoms with Crippen molar-refractivity contribution >= 4 is 47.2 Å². The standard InChI is InChI=1S/C28H32ClFN5O2P/c1-38(2,36)26-12-19(30)6-10-25(26)33-27-24(29)14-31-28(34-27)32-20-7-3-17-4-8-21(9-5-18(17)11-20)35-22-13-23(35)16-37-15-22/h3,6-7,10-12,14,21-23H,4-5,8-9,13,15-16H2,1-2H3,(H2,31,32,33,34)/t21-,22?,23?/m1/s1. The second kappa shape index (κ2) is 10.2. The number of ether oxygens (including phenoxy) is 1. The molecule has 2 aliphatic heterocycles. The van der Waals surface area contributed by atoms with Crippen LogP contribution in [0.5, 0.6) is 0 Å². The molecule has 38 heavy (non-hydrogen) atoms. The molecule has 2 N–H and O–H groups in total. The first-order valence-electron chi connectivity index (χ1n) is 13.1. The Labute approximate surface area is 227 Å². The van der Waals surface area contributed by atoms with Gasteiger partial charge in [-0.25, -0.2) is 9.37 Å². The maximum Gasteiger partial charge on any atom is 0.229 e. The Balaban J connectivity index is 1.18. The zero-order valence-electron chi connectivity index (χ0n) is 21.6. The van der Waals surface area contributed by atoms with Crippen LogP contribution < -0.4 is 15.9 Å². The van der Waals surface area contributed by atoms with Gasteiger partial charge in [0, 0.05) is 29.1 Å². The molecule has 3 heterocycles. The molecule has 2 saturated heterocycles. The van der Waals surface area contributed by atoms with Crippen molar-refractivity contribution in [3.8, 4) is 0 Å². The van der Waals surface area contributed by atoms with E-state index in [1.54, 1.807) is 19.4 Å². The van der Waals surface area contributed by atoms with Crippen LogP contribution in [0.25, 0.3) is 0 Å². The summed E-state index contributed by atoms with van der Waals surface area (Å²) in [5.74, 6) is 0.297. The van der Waals surface area contributed by atoms with Crippen molar-refractivity contribution < 1.29 is 13.7 Å². The normalized spacial score (nSPS) is 23.2. The van der Waals surface area contributed by atoms with Crippen LogP contribution in [0, 0.1) is 5.82 Å². The largest absolute Gasteiger partial charge is 0.378 e. The molecule has 2 bridgehead atoms. The molecule has 2 unspecified atom stereocenters. The van der Waals surface area contributed by atoms with Gasteiger partial charge in [0.15, 0.2) is 5.82 Å². The first-order valence-corrected chi connectivity index (χ1v) is 16.1. The minimum atomic E-state index is -2.75. The van der Waals surface area contributed by atoms with E-state index in [1.165, 1.54) is 42.3 Å². The van der Waals surface area contributed by atoms with Crippen LogP contribution in [-0.2, 0) is 22.1 Å². The van der Waals surface area contributed by atoms with Gasteiger partial charge in [-0.15, -0.1) is 0 Å². The summed E-state index contributed by atoms with van der Waals surface area (Å²) >= 11 is 6.38. The highest BCUT2D eigenvalue weighted by molar-refractivity contribution is 7.70. The molecule has 0 amide bonds. The van der Waals surface area contributed by atoms with Gasteiger partial charge < -0.3 is 19.9 Å². The number of benzene rings is 2. The van der Waals surface area contributed by atoms with Gasteiger partial charge in [-0.2, -0.15) is 4.98 Å².